The minimum absolute atomic E-state index is 0.139. The summed E-state index contributed by atoms with van der Waals surface area (Å²) in [5.74, 6) is 0.243. The van der Waals surface area contributed by atoms with E-state index in [0.29, 0.717) is 6.04 Å². The summed E-state index contributed by atoms with van der Waals surface area (Å²) >= 11 is 0. The van der Waals surface area contributed by atoms with Crippen LogP contribution in [0.1, 0.15) is 41.5 Å². The topological polar surface area (TPSA) is 29.1 Å². The van der Waals surface area contributed by atoms with Crippen LogP contribution in [0.25, 0.3) is 0 Å². The molecule has 0 saturated heterocycles. The van der Waals surface area contributed by atoms with Gasteiger partial charge in [-0.05, 0) is 14.0 Å². The van der Waals surface area contributed by atoms with Gasteiger partial charge in [-0.1, -0.05) is 59.9 Å². The molecule has 0 radical (unpaired) electrons. The molecule has 16 heavy (non-hydrogen) atoms. The Bertz CT molecular complexity index is 181. The van der Waals surface area contributed by atoms with Gasteiger partial charge in [0.2, 0.25) is 0 Å². The molecule has 0 aliphatic carbocycles. The van der Waals surface area contributed by atoms with Gasteiger partial charge in [0.25, 0.3) is 0 Å². The lowest BCUT2D eigenvalue weighted by molar-refractivity contribution is -0.124. The van der Waals surface area contributed by atoms with Crippen LogP contribution in [0.2, 0.25) is 0 Å². The molecule has 0 aromatic carbocycles. The molecule has 0 atom stereocenters. The molecule has 0 aliphatic rings. The van der Waals surface area contributed by atoms with E-state index in [9.17, 15) is 4.79 Å². The number of carbonyl (C=O) groups is 1. The van der Waals surface area contributed by atoms with Gasteiger partial charge < -0.3 is 5.32 Å². The first kappa shape index (κ1) is 20.5. The second-order valence-electron chi connectivity index (χ2n) is 4.72. The van der Waals surface area contributed by atoms with Gasteiger partial charge in [-0.2, -0.15) is 0 Å². The zero-order valence-corrected chi connectivity index (χ0v) is 12.1. The van der Waals surface area contributed by atoms with E-state index in [-0.39, 0.29) is 11.2 Å². The summed E-state index contributed by atoms with van der Waals surface area (Å²) in [5, 5.41) is 3.03. The van der Waals surface area contributed by atoms with Crippen LogP contribution in [-0.2, 0) is 4.79 Å². The third-order valence-electron chi connectivity index (χ3n) is 1.80. The first-order valence-electron chi connectivity index (χ1n) is 5.55. The van der Waals surface area contributed by atoms with Crippen LogP contribution in [-0.4, -0.2) is 18.9 Å². The average Bonchev–Trinajstić information content (AvgIpc) is 2.17. The fourth-order valence-corrected chi connectivity index (χ4v) is 0. The van der Waals surface area contributed by atoms with Crippen molar-refractivity contribution in [3.8, 4) is 0 Å². The smallest absolute Gasteiger partial charge is 0.135 e. The highest BCUT2D eigenvalue weighted by molar-refractivity contribution is 5.80. The van der Waals surface area contributed by atoms with Gasteiger partial charge in [-0.15, -0.1) is 0 Å². The van der Waals surface area contributed by atoms with Crippen molar-refractivity contribution < 1.29 is 4.79 Å². The average molecular weight is 227 g/mol. The number of Topliss-reactive ketones (excluding diaryl/α,β-unsaturated/α-hetero) is 1. The molecular weight excluding hydrogens is 198 g/mol. The maximum absolute atomic E-state index is 10.5. The summed E-state index contributed by atoms with van der Waals surface area (Å²) in [7, 11) is 1.95. The Labute approximate surface area is 102 Å². The van der Waals surface area contributed by atoms with E-state index < -0.39 is 0 Å². The van der Waals surface area contributed by atoms with Gasteiger partial charge >= 0.3 is 0 Å². The van der Waals surface area contributed by atoms with Crippen LogP contribution in [0.15, 0.2) is 25.3 Å². The molecule has 96 valence electrons. The molecule has 0 saturated carbocycles. The van der Waals surface area contributed by atoms with E-state index in [1.54, 1.807) is 19.1 Å². The molecule has 0 unspecified atom stereocenters. The summed E-state index contributed by atoms with van der Waals surface area (Å²) in [5.41, 5.74) is -0.139. The normalized spacial score (nSPS) is 9.25. The largest absolute Gasteiger partial charge is 0.318 e. The van der Waals surface area contributed by atoms with E-state index >= 15 is 0 Å². The second kappa shape index (κ2) is 12.2. The Morgan fingerprint density at radius 2 is 1.38 bits per heavy atom. The summed E-state index contributed by atoms with van der Waals surface area (Å²) in [6.45, 7) is 18.3. The highest BCUT2D eigenvalue weighted by atomic mass is 16.1. The summed E-state index contributed by atoms with van der Waals surface area (Å²) in [4.78, 5) is 10.5. The van der Waals surface area contributed by atoms with Crippen molar-refractivity contribution in [3.63, 3.8) is 0 Å². The lowest BCUT2D eigenvalue weighted by atomic mass is 9.92. The summed E-state index contributed by atoms with van der Waals surface area (Å²) in [6.07, 6.45) is 3.28. The quantitative estimate of drug-likeness (QED) is 0.730. The molecule has 0 bridgehead atoms. The maximum atomic E-state index is 10.5. The van der Waals surface area contributed by atoms with E-state index in [2.05, 4.69) is 32.3 Å². The Balaban J connectivity index is -0.000000166. The number of hydrogen-bond acceptors (Lipinski definition) is 2. The van der Waals surface area contributed by atoms with Crippen LogP contribution >= 0.6 is 0 Å². The standard InChI is InChI=1S/C6H12O.C4H11N.C4H6/c1-5(7)6(2,3)4;1-4(2)5-3;1-3-4-2/h1-4H3;4-5H,1-3H3;3-4H,1-2H2. The molecule has 0 aromatic rings. The molecule has 2 heteroatoms. The number of carbonyl (C=O) groups excluding carboxylic acids is 1. The Kier molecular flexibility index (Phi) is 15.6. The third-order valence-corrected chi connectivity index (χ3v) is 1.80. The molecule has 0 aliphatic heterocycles. The Morgan fingerprint density at radius 3 is 1.38 bits per heavy atom. The SMILES string of the molecule is C=CC=C.CC(=O)C(C)(C)C.CNC(C)C. The van der Waals surface area contributed by atoms with Crippen molar-refractivity contribution in [1.29, 1.82) is 0 Å². The van der Waals surface area contributed by atoms with E-state index in [4.69, 9.17) is 0 Å². The number of hydrogen-bond donors (Lipinski definition) is 1. The van der Waals surface area contributed by atoms with Crippen LogP contribution in [0, 0.1) is 5.41 Å². The number of rotatable bonds is 2. The van der Waals surface area contributed by atoms with Crippen LogP contribution in [0.5, 0.6) is 0 Å². The van der Waals surface area contributed by atoms with Crippen molar-refractivity contribution in [2.24, 2.45) is 5.41 Å². The van der Waals surface area contributed by atoms with Crippen molar-refractivity contribution in [3.05, 3.63) is 25.3 Å². The fourth-order valence-electron chi connectivity index (χ4n) is 0. The van der Waals surface area contributed by atoms with Gasteiger partial charge in [0.05, 0.1) is 0 Å². The molecule has 0 amide bonds. The van der Waals surface area contributed by atoms with Crippen LogP contribution in [0.3, 0.4) is 0 Å². The minimum atomic E-state index is -0.139. The molecule has 0 aromatic heterocycles. The molecule has 0 rings (SSSR count). The van der Waals surface area contributed by atoms with Crippen molar-refractivity contribution >= 4 is 5.78 Å². The number of allylic oxidation sites excluding steroid dienone is 2. The van der Waals surface area contributed by atoms with Gasteiger partial charge in [0.1, 0.15) is 5.78 Å². The lowest BCUT2D eigenvalue weighted by Gasteiger charge is -2.11. The first-order chi connectivity index (χ1) is 7.13. The molecule has 2 nitrogen and oxygen atoms in total. The van der Waals surface area contributed by atoms with Gasteiger partial charge in [0, 0.05) is 11.5 Å². The molecule has 0 spiro atoms. The predicted octanol–water partition coefficient (Wildman–Crippen LogP) is 3.59. The van der Waals surface area contributed by atoms with Crippen molar-refractivity contribution in [2.45, 2.75) is 47.6 Å². The van der Waals surface area contributed by atoms with Crippen LogP contribution in [0.4, 0.5) is 0 Å². The molecule has 0 heterocycles. The van der Waals surface area contributed by atoms with E-state index in [1.807, 2.05) is 27.8 Å². The molecule has 0 fully saturated rings. The Hall–Kier alpha value is -0.890. The fraction of sp³-hybridized carbons (Fsp3) is 0.643. The maximum Gasteiger partial charge on any atom is 0.135 e. The van der Waals surface area contributed by atoms with Gasteiger partial charge in [0.15, 0.2) is 0 Å². The molecular formula is C14H29NO. The van der Waals surface area contributed by atoms with Crippen molar-refractivity contribution in [1.82, 2.24) is 5.32 Å². The van der Waals surface area contributed by atoms with Gasteiger partial charge in [-0.25, -0.2) is 0 Å². The first-order valence-corrected chi connectivity index (χ1v) is 5.55. The second-order valence-corrected chi connectivity index (χ2v) is 4.72. The monoisotopic (exact) mass is 227 g/mol. The highest BCUT2D eigenvalue weighted by Gasteiger charge is 2.14. The number of nitrogens with one attached hydrogen (secondary N) is 1. The zero-order chi connectivity index (χ0) is 13.8. The van der Waals surface area contributed by atoms with Crippen molar-refractivity contribution in [2.75, 3.05) is 7.05 Å². The van der Waals surface area contributed by atoms with Crippen LogP contribution < -0.4 is 5.32 Å². The lowest BCUT2D eigenvalue weighted by Crippen LogP contribution is -2.15. The third kappa shape index (κ3) is 29.2. The Morgan fingerprint density at radius 1 is 1.19 bits per heavy atom. The summed E-state index contributed by atoms with van der Waals surface area (Å²) < 4.78 is 0. The number of ketones is 1. The predicted molar refractivity (Wildman–Crippen MR) is 74.7 cm³/mol. The summed E-state index contributed by atoms with van der Waals surface area (Å²) in [6, 6.07) is 0.634. The highest BCUT2D eigenvalue weighted by Crippen LogP contribution is 2.12. The van der Waals surface area contributed by atoms with E-state index in [0.717, 1.165) is 0 Å². The van der Waals surface area contributed by atoms with Gasteiger partial charge in [-0.3, -0.25) is 4.79 Å². The minimum Gasteiger partial charge on any atom is -0.318 e. The van der Waals surface area contributed by atoms with E-state index in [1.165, 1.54) is 0 Å². The zero-order valence-electron chi connectivity index (χ0n) is 12.1. The molecule has 1 N–H and O–H groups in total.